The summed E-state index contributed by atoms with van der Waals surface area (Å²) in [5.74, 6) is -0.205. The van der Waals surface area contributed by atoms with E-state index in [2.05, 4.69) is 24.1 Å². The fourth-order valence-corrected chi connectivity index (χ4v) is 2.81. The van der Waals surface area contributed by atoms with Gasteiger partial charge in [0.2, 0.25) is 0 Å². The molecular formula is C16H23N3O4. The number of hydrogen-bond acceptors (Lipinski definition) is 5. The van der Waals surface area contributed by atoms with Crippen molar-refractivity contribution in [2.45, 2.75) is 32.5 Å². The lowest BCUT2D eigenvalue weighted by Crippen LogP contribution is -2.46. The first kappa shape index (κ1) is 17.4. The average molecular weight is 321 g/mol. The van der Waals surface area contributed by atoms with Gasteiger partial charge in [-0.05, 0) is 32.4 Å². The van der Waals surface area contributed by atoms with E-state index >= 15 is 0 Å². The third-order valence-corrected chi connectivity index (χ3v) is 3.77. The van der Waals surface area contributed by atoms with Gasteiger partial charge in [-0.25, -0.2) is 0 Å². The molecule has 0 radical (unpaired) electrons. The van der Waals surface area contributed by atoms with Crippen molar-refractivity contribution in [3.8, 4) is 0 Å². The van der Waals surface area contributed by atoms with Crippen LogP contribution in [-0.4, -0.2) is 54.1 Å². The summed E-state index contributed by atoms with van der Waals surface area (Å²) in [4.78, 5) is 24.4. The molecule has 2 atom stereocenters. The van der Waals surface area contributed by atoms with Crippen molar-refractivity contribution in [2.75, 3.05) is 26.2 Å². The van der Waals surface area contributed by atoms with Gasteiger partial charge in [0.05, 0.1) is 17.1 Å². The zero-order valence-electron chi connectivity index (χ0n) is 13.5. The summed E-state index contributed by atoms with van der Waals surface area (Å²) < 4.78 is 5.69. The molecule has 0 saturated carbocycles. The molecule has 1 heterocycles. The fraction of sp³-hybridized carbons (Fsp3) is 0.562. The SMILES string of the molecule is C[C@H]1CN(CCCNC(=O)c2ccc([N+](=O)[O-])cc2)C[C@H](C)O1. The number of nitro groups is 1. The second-order valence-electron chi connectivity index (χ2n) is 5.93. The molecule has 0 aromatic heterocycles. The lowest BCUT2D eigenvalue weighted by atomic mass is 10.2. The van der Waals surface area contributed by atoms with Crippen LogP contribution in [0.1, 0.15) is 30.6 Å². The molecular weight excluding hydrogens is 298 g/mol. The number of benzene rings is 1. The number of carbonyl (C=O) groups excluding carboxylic acids is 1. The van der Waals surface area contributed by atoms with Gasteiger partial charge in [0, 0.05) is 43.9 Å². The molecule has 0 bridgehead atoms. The van der Waals surface area contributed by atoms with Crippen molar-refractivity contribution >= 4 is 11.6 Å². The summed E-state index contributed by atoms with van der Waals surface area (Å²) >= 11 is 0. The monoisotopic (exact) mass is 321 g/mol. The highest BCUT2D eigenvalue weighted by Gasteiger charge is 2.21. The lowest BCUT2D eigenvalue weighted by molar-refractivity contribution is -0.384. The normalized spacial score (nSPS) is 21.8. The van der Waals surface area contributed by atoms with Gasteiger partial charge >= 0.3 is 0 Å². The van der Waals surface area contributed by atoms with Crippen LogP contribution < -0.4 is 5.32 Å². The van der Waals surface area contributed by atoms with E-state index in [0.717, 1.165) is 26.1 Å². The Morgan fingerprint density at radius 1 is 1.30 bits per heavy atom. The van der Waals surface area contributed by atoms with Gasteiger partial charge in [0.25, 0.3) is 11.6 Å². The van der Waals surface area contributed by atoms with Crippen molar-refractivity contribution in [1.29, 1.82) is 0 Å². The van der Waals surface area contributed by atoms with Crippen LogP contribution in [0.15, 0.2) is 24.3 Å². The van der Waals surface area contributed by atoms with Crippen molar-refractivity contribution < 1.29 is 14.5 Å². The number of rotatable bonds is 6. The standard InChI is InChI=1S/C16H23N3O4/c1-12-10-18(11-13(2)23-12)9-3-8-17-16(20)14-4-6-15(7-5-14)19(21)22/h4-7,12-13H,3,8-11H2,1-2H3,(H,17,20)/t12-,13-/m0/s1. The van der Waals surface area contributed by atoms with E-state index < -0.39 is 4.92 Å². The predicted octanol–water partition coefficient (Wildman–Crippen LogP) is 1.82. The van der Waals surface area contributed by atoms with Crippen LogP contribution >= 0.6 is 0 Å². The van der Waals surface area contributed by atoms with Crippen LogP contribution in [0.3, 0.4) is 0 Å². The average Bonchev–Trinajstić information content (AvgIpc) is 2.50. The molecule has 1 aromatic carbocycles. The molecule has 1 aromatic rings. The van der Waals surface area contributed by atoms with Crippen molar-refractivity contribution in [2.24, 2.45) is 0 Å². The number of morpholine rings is 1. The maximum Gasteiger partial charge on any atom is 0.269 e. The highest BCUT2D eigenvalue weighted by molar-refractivity contribution is 5.94. The Morgan fingerprint density at radius 2 is 1.91 bits per heavy atom. The predicted molar refractivity (Wildman–Crippen MR) is 86.5 cm³/mol. The van der Waals surface area contributed by atoms with E-state index in [1.807, 2.05) is 0 Å². The molecule has 0 aliphatic carbocycles. The molecule has 23 heavy (non-hydrogen) atoms. The Bertz CT molecular complexity index is 537. The smallest absolute Gasteiger partial charge is 0.269 e. The number of carbonyl (C=O) groups is 1. The number of hydrogen-bond donors (Lipinski definition) is 1. The number of non-ortho nitro benzene ring substituents is 1. The Kier molecular flexibility index (Phi) is 6.06. The quantitative estimate of drug-likeness (QED) is 0.491. The van der Waals surface area contributed by atoms with E-state index in [-0.39, 0.29) is 23.8 Å². The highest BCUT2D eigenvalue weighted by Crippen LogP contribution is 2.12. The van der Waals surface area contributed by atoms with Gasteiger partial charge in [0.15, 0.2) is 0 Å². The van der Waals surface area contributed by atoms with Gasteiger partial charge in [-0.2, -0.15) is 0 Å². The maximum atomic E-state index is 12.0. The van der Waals surface area contributed by atoms with Gasteiger partial charge in [-0.3, -0.25) is 19.8 Å². The third kappa shape index (κ3) is 5.30. The van der Waals surface area contributed by atoms with Gasteiger partial charge in [-0.15, -0.1) is 0 Å². The molecule has 1 fully saturated rings. The minimum atomic E-state index is -0.480. The topological polar surface area (TPSA) is 84.7 Å². The zero-order valence-corrected chi connectivity index (χ0v) is 13.5. The summed E-state index contributed by atoms with van der Waals surface area (Å²) in [7, 11) is 0. The molecule has 1 saturated heterocycles. The molecule has 0 spiro atoms. The summed E-state index contributed by atoms with van der Waals surface area (Å²) in [5, 5.41) is 13.4. The Morgan fingerprint density at radius 3 is 2.48 bits per heavy atom. The van der Waals surface area contributed by atoms with Crippen LogP contribution in [0, 0.1) is 10.1 Å². The number of amides is 1. The van der Waals surface area contributed by atoms with Crippen LogP contribution in [0.4, 0.5) is 5.69 Å². The van der Waals surface area contributed by atoms with Crippen LogP contribution in [0.5, 0.6) is 0 Å². The van der Waals surface area contributed by atoms with Crippen molar-refractivity contribution in [3.05, 3.63) is 39.9 Å². The van der Waals surface area contributed by atoms with E-state index in [4.69, 9.17) is 4.74 Å². The second kappa shape index (κ2) is 8.03. The molecule has 7 nitrogen and oxygen atoms in total. The first-order valence-electron chi connectivity index (χ1n) is 7.86. The molecule has 1 N–H and O–H groups in total. The maximum absolute atomic E-state index is 12.0. The fourth-order valence-electron chi connectivity index (χ4n) is 2.81. The van der Waals surface area contributed by atoms with Crippen LogP contribution in [0.25, 0.3) is 0 Å². The molecule has 1 aliphatic heterocycles. The molecule has 1 aliphatic rings. The molecule has 0 unspecified atom stereocenters. The summed E-state index contributed by atoms with van der Waals surface area (Å²) in [6, 6.07) is 5.62. The third-order valence-electron chi connectivity index (χ3n) is 3.77. The first-order valence-corrected chi connectivity index (χ1v) is 7.86. The van der Waals surface area contributed by atoms with E-state index in [0.29, 0.717) is 12.1 Å². The van der Waals surface area contributed by atoms with E-state index in [9.17, 15) is 14.9 Å². The summed E-state index contributed by atoms with van der Waals surface area (Å²) in [6.45, 7) is 7.47. The van der Waals surface area contributed by atoms with Crippen molar-refractivity contribution in [1.82, 2.24) is 10.2 Å². The zero-order chi connectivity index (χ0) is 16.8. The second-order valence-corrected chi connectivity index (χ2v) is 5.93. The highest BCUT2D eigenvalue weighted by atomic mass is 16.6. The minimum Gasteiger partial charge on any atom is -0.373 e. The summed E-state index contributed by atoms with van der Waals surface area (Å²) in [6.07, 6.45) is 1.35. The van der Waals surface area contributed by atoms with Crippen molar-refractivity contribution in [3.63, 3.8) is 0 Å². The first-order chi connectivity index (χ1) is 11.0. The lowest BCUT2D eigenvalue weighted by Gasteiger charge is -2.35. The summed E-state index contributed by atoms with van der Waals surface area (Å²) in [5.41, 5.74) is 0.418. The van der Waals surface area contributed by atoms with Crippen LogP contribution in [0.2, 0.25) is 0 Å². The van der Waals surface area contributed by atoms with Gasteiger partial charge < -0.3 is 10.1 Å². The number of nitro benzene ring substituents is 1. The van der Waals surface area contributed by atoms with E-state index in [1.165, 1.54) is 24.3 Å². The van der Waals surface area contributed by atoms with E-state index in [1.54, 1.807) is 0 Å². The largest absolute Gasteiger partial charge is 0.373 e. The Hall–Kier alpha value is -1.99. The Labute approximate surface area is 135 Å². The molecule has 126 valence electrons. The number of nitrogens with zero attached hydrogens (tertiary/aromatic N) is 2. The molecule has 2 rings (SSSR count). The number of nitrogens with one attached hydrogen (secondary N) is 1. The minimum absolute atomic E-state index is 0.0166. The molecule has 7 heteroatoms. The molecule has 1 amide bonds. The number of ether oxygens (including phenoxy) is 1. The van der Waals surface area contributed by atoms with Gasteiger partial charge in [-0.1, -0.05) is 0 Å². The van der Waals surface area contributed by atoms with Crippen LogP contribution in [-0.2, 0) is 4.74 Å². The Balaban J connectivity index is 1.71. The van der Waals surface area contributed by atoms with Gasteiger partial charge in [0.1, 0.15) is 0 Å².